The van der Waals surface area contributed by atoms with Crippen molar-refractivity contribution in [2.45, 2.75) is 70.9 Å². The number of nitrogens with one attached hydrogen (secondary N) is 1. The maximum atomic E-state index is 11.9. The molecule has 0 bridgehead atoms. The molecule has 1 N–H and O–H groups in total. The normalized spacial score (nSPS) is 16.3. The molecule has 21 heavy (non-hydrogen) atoms. The minimum Gasteiger partial charge on any atom is -0.378 e. The van der Waals surface area contributed by atoms with Crippen LogP contribution in [0.5, 0.6) is 0 Å². The molecule has 0 aromatic carbocycles. The first kappa shape index (κ1) is 15.9. The van der Waals surface area contributed by atoms with Gasteiger partial charge >= 0.3 is 0 Å². The van der Waals surface area contributed by atoms with Gasteiger partial charge in [0.25, 0.3) is 0 Å². The predicted molar refractivity (Wildman–Crippen MR) is 77.8 cm³/mol. The van der Waals surface area contributed by atoms with Gasteiger partial charge in [0.1, 0.15) is 0 Å². The standard InChI is InChI=1S/C15H25N3O3/c1-11(2)20-9-8-15-17-13(18-21-15)10-14(19)16-12-6-4-3-5-7-12/h11-12H,3-10H2,1-2H3,(H,16,19). The SMILES string of the molecule is CC(C)OCCc1nc(CC(=O)NC2CCCCC2)no1. The van der Waals surface area contributed by atoms with Crippen LogP contribution in [0, 0.1) is 0 Å². The zero-order valence-corrected chi connectivity index (χ0v) is 12.9. The van der Waals surface area contributed by atoms with E-state index in [1.807, 2.05) is 13.8 Å². The quantitative estimate of drug-likeness (QED) is 0.833. The van der Waals surface area contributed by atoms with E-state index < -0.39 is 0 Å². The van der Waals surface area contributed by atoms with Crippen molar-refractivity contribution in [3.05, 3.63) is 11.7 Å². The van der Waals surface area contributed by atoms with Gasteiger partial charge < -0.3 is 14.6 Å². The van der Waals surface area contributed by atoms with E-state index in [0.29, 0.717) is 30.8 Å². The van der Waals surface area contributed by atoms with E-state index in [-0.39, 0.29) is 18.4 Å². The van der Waals surface area contributed by atoms with Crippen LogP contribution in [0.2, 0.25) is 0 Å². The first-order valence-corrected chi connectivity index (χ1v) is 7.86. The number of rotatable bonds is 7. The third kappa shape index (κ3) is 5.83. The average Bonchev–Trinajstić information content (AvgIpc) is 2.86. The number of hydrogen-bond acceptors (Lipinski definition) is 5. The summed E-state index contributed by atoms with van der Waals surface area (Å²) in [6, 6.07) is 0.317. The number of ether oxygens (including phenoxy) is 1. The van der Waals surface area contributed by atoms with E-state index in [0.717, 1.165) is 12.8 Å². The highest BCUT2D eigenvalue weighted by molar-refractivity contribution is 5.77. The van der Waals surface area contributed by atoms with Crippen LogP contribution in [-0.2, 0) is 22.4 Å². The summed E-state index contributed by atoms with van der Waals surface area (Å²) in [6.45, 7) is 4.51. The van der Waals surface area contributed by atoms with Gasteiger partial charge in [-0.25, -0.2) is 0 Å². The molecular formula is C15H25N3O3. The fourth-order valence-electron chi connectivity index (χ4n) is 2.51. The van der Waals surface area contributed by atoms with Gasteiger partial charge in [-0.15, -0.1) is 0 Å². The molecule has 6 nitrogen and oxygen atoms in total. The Labute approximate surface area is 125 Å². The van der Waals surface area contributed by atoms with Crippen LogP contribution in [-0.4, -0.2) is 34.8 Å². The molecule has 1 aromatic heterocycles. The molecule has 1 saturated carbocycles. The molecule has 0 aliphatic heterocycles. The Bertz CT molecular complexity index is 439. The third-order valence-electron chi connectivity index (χ3n) is 3.57. The zero-order valence-electron chi connectivity index (χ0n) is 12.9. The van der Waals surface area contributed by atoms with Gasteiger partial charge in [0, 0.05) is 6.04 Å². The van der Waals surface area contributed by atoms with E-state index in [2.05, 4.69) is 15.5 Å². The summed E-state index contributed by atoms with van der Waals surface area (Å²) in [5.41, 5.74) is 0. The van der Waals surface area contributed by atoms with Crippen molar-refractivity contribution in [2.75, 3.05) is 6.61 Å². The summed E-state index contributed by atoms with van der Waals surface area (Å²) in [7, 11) is 0. The molecule has 0 atom stereocenters. The second kappa shape index (κ2) is 8.12. The van der Waals surface area contributed by atoms with Gasteiger partial charge in [-0.05, 0) is 26.7 Å². The summed E-state index contributed by atoms with van der Waals surface area (Å²) >= 11 is 0. The Morgan fingerprint density at radius 3 is 2.86 bits per heavy atom. The van der Waals surface area contributed by atoms with Crippen LogP contribution < -0.4 is 5.32 Å². The van der Waals surface area contributed by atoms with Crippen LogP contribution in [0.25, 0.3) is 0 Å². The van der Waals surface area contributed by atoms with Crippen molar-refractivity contribution in [3.8, 4) is 0 Å². The van der Waals surface area contributed by atoms with Gasteiger partial charge in [-0.3, -0.25) is 4.79 Å². The molecule has 0 radical (unpaired) electrons. The second-order valence-electron chi connectivity index (χ2n) is 5.85. The molecule has 1 amide bonds. The molecule has 6 heteroatoms. The number of nitrogens with zero attached hydrogens (tertiary/aromatic N) is 2. The van der Waals surface area contributed by atoms with E-state index in [1.54, 1.807) is 0 Å². The molecule has 1 aromatic rings. The first-order valence-electron chi connectivity index (χ1n) is 7.86. The van der Waals surface area contributed by atoms with Gasteiger partial charge in [0.15, 0.2) is 5.82 Å². The topological polar surface area (TPSA) is 77.2 Å². The number of carbonyl (C=O) groups excluding carboxylic acids is 1. The van der Waals surface area contributed by atoms with Crippen LogP contribution in [0.4, 0.5) is 0 Å². The second-order valence-corrected chi connectivity index (χ2v) is 5.85. The summed E-state index contributed by atoms with van der Waals surface area (Å²) in [6.07, 6.45) is 6.79. The molecule has 118 valence electrons. The van der Waals surface area contributed by atoms with Crippen molar-refractivity contribution in [1.82, 2.24) is 15.5 Å². The van der Waals surface area contributed by atoms with E-state index >= 15 is 0 Å². The van der Waals surface area contributed by atoms with E-state index in [4.69, 9.17) is 9.26 Å². The molecule has 1 aliphatic rings. The Morgan fingerprint density at radius 2 is 2.14 bits per heavy atom. The Kier molecular flexibility index (Phi) is 6.17. The highest BCUT2D eigenvalue weighted by Gasteiger charge is 2.17. The Morgan fingerprint density at radius 1 is 1.38 bits per heavy atom. The molecular weight excluding hydrogens is 270 g/mol. The van der Waals surface area contributed by atoms with Gasteiger partial charge in [0.05, 0.1) is 25.6 Å². The monoisotopic (exact) mass is 295 g/mol. The first-order chi connectivity index (χ1) is 10.1. The number of aromatic nitrogens is 2. The predicted octanol–water partition coefficient (Wildman–Crippen LogP) is 2.03. The van der Waals surface area contributed by atoms with Crippen molar-refractivity contribution < 1.29 is 14.1 Å². The lowest BCUT2D eigenvalue weighted by Crippen LogP contribution is -2.37. The molecule has 0 saturated heterocycles. The number of carbonyl (C=O) groups is 1. The molecule has 0 spiro atoms. The highest BCUT2D eigenvalue weighted by Crippen LogP contribution is 2.17. The zero-order chi connectivity index (χ0) is 15.1. The Balaban J connectivity index is 1.72. The molecule has 2 rings (SSSR count). The maximum absolute atomic E-state index is 11.9. The number of amides is 1. The average molecular weight is 295 g/mol. The van der Waals surface area contributed by atoms with Gasteiger partial charge in [-0.2, -0.15) is 4.98 Å². The van der Waals surface area contributed by atoms with Crippen molar-refractivity contribution >= 4 is 5.91 Å². The van der Waals surface area contributed by atoms with Crippen LogP contribution in [0.1, 0.15) is 57.7 Å². The van der Waals surface area contributed by atoms with Crippen LogP contribution >= 0.6 is 0 Å². The summed E-state index contributed by atoms with van der Waals surface area (Å²) < 4.78 is 10.5. The molecule has 1 fully saturated rings. The summed E-state index contributed by atoms with van der Waals surface area (Å²) in [5.74, 6) is 0.951. The van der Waals surface area contributed by atoms with Crippen LogP contribution in [0.3, 0.4) is 0 Å². The fraction of sp³-hybridized carbons (Fsp3) is 0.800. The van der Waals surface area contributed by atoms with Gasteiger partial charge in [-0.1, -0.05) is 24.4 Å². The van der Waals surface area contributed by atoms with Crippen molar-refractivity contribution in [1.29, 1.82) is 0 Å². The van der Waals surface area contributed by atoms with E-state index in [9.17, 15) is 4.79 Å². The third-order valence-corrected chi connectivity index (χ3v) is 3.57. The Hall–Kier alpha value is -1.43. The largest absolute Gasteiger partial charge is 0.378 e. The highest BCUT2D eigenvalue weighted by atomic mass is 16.5. The number of hydrogen-bond donors (Lipinski definition) is 1. The van der Waals surface area contributed by atoms with E-state index in [1.165, 1.54) is 19.3 Å². The summed E-state index contributed by atoms with van der Waals surface area (Å²) in [4.78, 5) is 16.2. The lowest BCUT2D eigenvalue weighted by Gasteiger charge is -2.22. The molecule has 0 unspecified atom stereocenters. The smallest absolute Gasteiger partial charge is 0.228 e. The van der Waals surface area contributed by atoms with Crippen LogP contribution in [0.15, 0.2) is 4.52 Å². The minimum absolute atomic E-state index is 0.0207. The van der Waals surface area contributed by atoms with Crippen molar-refractivity contribution in [2.24, 2.45) is 0 Å². The lowest BCUT2D eigenvalue weighted by molar-refractivity contribution is -0.121. The fourth-order valence-corrected chi connectivity index (χ4v) is 2.51. The van der Waals surface area contributed by atoms with Crippen molar-refractivity contribution in [3.63, 3.8) is 0 Å². The lowest BCUT2D eigenvalue weighted by atomic mass is 9.95. The van der Waals surface area contributed by atoms with Gasteiger partial charge in [0.2, 0.25) is 11.8 Å². The molecule has 1 heterocycles. The summed E-state index contributed by atoms with van der Waals surface area (Å²) in [5, 5.41) is 6.89. The minimum atomic E-state index is -0.0207. The maximum Gasteiger partial charge on any atom is 0.228 e. The molecule has 1 aliphatic carbocycles.